The highest BCUT2D eigenvalue weighted by atomic mass is 32.2. The molecule has 8 heteroatoms. The second kappa shape index (κ2) is 4.71. The second-order valence-corrected chi connectivity index (χ2v) is 6.29. The Hall–Kier alpha value is -0.990. The van der Waals surface area contributed by atoms with Gasteiger partial charge in [-0.1, -0.05) is 5.21 Å². The van der Waals surface area contributed by atoms with Gasteiger partial charge in [-0.2, -0.15) is 0 Å². The molecule has 1 aliphatic rings. The molecule has 1 aromatic heterocycles. The average molecular weight is 259 g/mol. The fraction of sp³-hybridized carbons (Fsp3) is 0.778. The maximum absolute atomic E-state index is 11.5. The first-order valence-electron chi connectivity index (χ1n) is 5.56. The van der Waals surface area contributed by atoms with E-state index in [0.29, 0.717) is 19.6 Å². The molecule has 0 amide bonds. The molecular weight excluding hydrogens is 242 g/mol. The molecule has 0 aliphatic carbocycles. The molecule has 96 valence electrons. The molecule has 1 saturated heterocycles. The third-order valence-electron chi connectivity index (χ3n) is 2.97. The number of nitrogens with two attached hydrogens (primary N) is 1. The number of nitrogens with zero attached hydrogens (tertiary/aromatic N) is 4. The van der Waals surface area contributed by atoms with Crippen molar-refractivity contribution in [1.29, 1.82) is 0 Å². The van der Waals surface area contributed by atoms with Crippen LogP contribution in [0.25, 0.3) is 0 Å². The Morgan fingerprint density at radius 3 is 2.94 bits per heavy atom. The van der Waals surface area contributed by atoms with E-state index in [1.807, 2.05) is 0 Å². The van der Waals surface area contributed by atoms with Crippen LogP contribution in [0.4, 0.5) is 0 Å². The van der Waals surface area contributed by atoms with Crippen molar-refractivity contribution >= 4 is 10.0 Å². The van der Waals surface area contributed by atoms with E-state index in [9.17, 15) is 8.42 Å². The Kier molecular flexibility index (Phi) is 3.45. The molecule has 0 unspecified atom stereocenters. The summed E-state index contributed by atoms with van der Waals surface area (Å²) in [6.07, 6.45) is 4.79. The topological polar surface area (TPSA) is 94.1 Å². The quantitative estimate of drug-likeness (QED) is 0.777. The summed E-state index contributed by atoms with van der Waals surface area (Å²) >= 11 is 0. The van der Waals surface area contributed by atoms with E-state index in [1.165, 1.54) is 10.6 Å². The van der Waals surface area contributed by atoms with E-state index in [1.54, 1.807) is 10.9 Å². The van der Waals surface area contributed by atoms with E-state index < -0.39 is 10.0 Å². The summed E-state index contributed by atoms with van der Waals surface area (Å²) in [5, 5.41) is 7.91. The molecule has 0 aromatic carbocycles. The van der Waals surface area contributed by atoms with Crippen LogP contribution in [0.2, 0.25) is 0 Å². The first-order valence-corrected chi connectivity index (χ1v) is 7.41. The minimum absolute atomic E-state index is 0.0614. The maximum atomic E-state index is 11.5. The van der Waals surface area contributed by atoms with Crippen LogP contribution in [-0.2, 0) is 16.6 Å². The van der Waals surface area contributed by atoms with Crippen molar-refractivity contribution < 1.29 is 8.42 Å². The van der Waals surface area contributed by atoms with E-state index in [2.05, 4.69) is 10.3 Å². The van der Waals surface area contributed by atoms with Crippen molar-refractivity contribution in [1.82, 2.24) is 19.3 Å². The molecule has 0 saturated carbocycles. The lowest BCUT2D eigenvalue weighted by molar-refractivity contribution is 0.252. The van der Waals surface area contributed by atoms with Gasteiger partial charge in [0, 0.05) is 19.6 Å². The van der Waals surface area contributed by atoms with Crippen molar-refractivity contribution in [3.63, 3.8) is 0 Å². The average Bonchev–Trinajstić information content (AvgIpc) is 2.76. The zero-order chi connectivity index (χ0) is 12.5. The van der Waals surface area contributed by atoms with Crippen molar-refractivity contribution in [3.8, 4) is 0 Å². The van der Waals surface area contributed by atoms with Crippen LogP contribution in [-0.4, -0.2) is 47.1 Å². The zero-order valence-corrected chi connectivity index (χ0v) is 10.6. The highest BCUT2D eigenvalue weighted by molar-refractivity contribution is 7.88. The van der Waals surface area contributed by atoms with Crippen LogP contribution >= 0.6 is 0 Å². The Bertz CT molecular complexity index is 483. The lowest BCUT2D eigenvalue weighted by Crippen LogP contribution is -2.40. The van der Waals surface area contributed by atoms with E-state index in [4.69, 9.17) is 5.73 Å². The van der Waals surface area contributed by atoms with Gasteiger partial charge in [-0.15, -0.1) is 5.10 Å². The Morgan fingerprint density at radius 2 is 2.35 bits per heavy atom. The Balaban J connectivity index is 2.12. The minimum Gasteiger partial charge on any atom is -0.325 e. The van der Waals surface area contributed by atoms with Gasteiger partial charge in [0.05, 0.1) is 24.2 Å². The number of aromatic nitrogens is 3. The van der Waals surface area contributed by atoms with Crippen LogP contribution in [0.15, 0.2) is 6.20 Å². The molecule has 0 bridgehead atoms. The molecule has 2 rings (SSSR count). The third-order valence-corrected chi connectivity index (χ3v) is 4.24. The molecule has 2 heterocycles. The summed E-state index contributed by atoms with van der Waals surface area (Å²) in [6.45, 7) is 1.41. The summed E-state index contributed by atoms with van der Waals surface area (Å²) in [5.41, 5.74) is 6.19. The third kappa shape index (κ3) is 2.82. The number of hydrogen-bond acceptors (Lipinski definition) is 5. The van der Waals surface area contributed by atoms with E-state index in [0.717, 1.165) is 18.5 Å². The molecule has 17 heavy (non-hydrogen) atoms. The molecule has 0 spiro atoms. The van der Waals surface area contributed by atoms with Crippen molar-refractivity contribution in [3.05, 3.63) is 11.9 Å². The first-order chi connectivity index (χ1) is 8.00. The number of hydrogen-bond donors (Lipinski definition) is 1. The van der Waals surface area contributed by atoms with Gasteiger partial charge in [-0.25, -0.2) is 17.4 Å². The molecule has 1 fully saturated rings. The van der Waals surface area contributed by atoms with Crippen LogP contribution in [0, 0.1) is 0 Å². The van der Waals surface area contributed by atoms with E-state index >= 15 is 0 Å². The van der Waals surface area contributed by atoms with Gasteiger partial charge in [0.1, 0.15) is 0 Å². The van der Waals surface area contributed by atoms with Gasteiger partial charge in [-0.05, 0) is 12.8 Å². The van der Waals surface area contributed by atoms with E-state index in [-0.39, 0.29) is 6.04 Å². The van der Waals surface area contributed by atoms with Crippen LogP contribution in [0.3, 0.4) is 0 Å². The Labute approximate surface area is 101 Å². The lowest BCUT2D eigenvalue weighted by Gasteiger charge is -2.30. The molecular formula is C9H17N5O2S. The second-order valence-electron chi connectivity index (χ2n) is 4.31. The predicted molar refractivity (Wildman–Crippen MR) is 62.6 cm³/mol. The van der Waals surface area contributed by atoms with Crippen LogP contribution in [0.5, 0.6) is 0 Å². The molecule has 1 aromatic rings. The Morgan fingerprint density at radius 1 is 1.59 bits per heavy atom. The SMILES string of the molecule is CS(=O)(=O)N1CCC[C@H](n2cc(CN)nn2)C1. The van der Waals surface area contributed by atoms with Crippen molar-refractivity contribution in [2.45, 2.75) is 25.4 Å². The highest BCUT2D eigenvalue weighted by Crippen LogP contribution is 2.22. The molecule has 2 N–H and O–H groups in total. The summed E-state index contributed by atoms with van der Waals surface area (Å²) in [4.78, 5) is 0. The normalized spacial score (nSPS) is 22.8. The number of rotatable bonds is 3. The maximum Gasteiger partial charge on any atom is 0.211 e. The largest absolute Gasteiger partial charge is 0.325 e. The summed E-state index contributed by atoms with van der Waals surface area (Å²) in [5.74, 6) is 0. The van der Waals surface area contributed by atoms with Gasteiger partial charge in [0.2, 0.25) is 10.0 Å². The molecule has 1 atom stereocenters. The fourth-order valence-corrected chi connectivity index (χ4v) is 2.93. The lowest BCUT2D eigenvalue weighted by atomic mass is 10.1. The van der Waals surface area contributed by atoms with Gasteiger partial charge >= 0.3 is 0 Å². The number of piperidine rings is 1. The monoisotopic (exact) mass is 259 g/mol. The van der Waals surface area contributed by atoms with Crippen molar-refractivity contribution in [2.24, 2.45) is 5.73 Å². The van der Waals surface area contributed by atoms with Crippen LogP contribution in [0.1, 0.15) is 24.6 Å². The molecule has 7 nitrogen and oxygen atoms in total. The van der Waals surface area contributed by atoms with Gasteiger partial charge < -0.3 is 5.73 Å². The van der Waals surface area contributed by atoms with Gasteiger partial charge in [0.15, 0.2) is 0 Å². The van der Waals surface area contributed by atoms with Gasteiger partial charge in [0.25, 0.3) is 0 Å². The summed E-state index contributed by atoms with van der Waals surface area (Å²) in [7, 11) is -3.12. The fourth-order valence-electron chi connectivity index (χ4n) is 2.02. The van der Waals surface area contributed by atoms with Crippen LogP contribution < -0.4 is 5.73 Å². The zero-order valence-electron chi connectivity index (χ0n) is 9.78. The standard InChI is InChI=1S/C9H17N5O2S/c1-17(15,16)13-4-2-3-9(7-13)14-6-8(5-10)11-12-14/h6,9H,2-5,7,10H2,1H3/t9-/m0/s1. The summed E-state index contributed by atoms with van der Waals surface area (Å²) < 4.78 is 26.2. The number of sulfonamides is 1. The van der Waals surface area contributed by atoms with Gasteiger partial charge in [-0.3, -0.25) is 0 Å². The molecule has 1 aliphatic heterocycles. The smallest absolute Gasteiger partial charge is 0.211 e. The predicted octanol–water partition coefficient (Wildman–Crippen LogP) is -0.667. The van der Waals surface area contributed by atoms with Crippen molar-refractivity contribution in [2.75, 3.05) is 19.3 Å². The highest BCUT2D eigenvalue weighted by Gasteiger charge is 2.27. The summed E-state index contributed by atoms with van der Waals surface area (Å²) in [6, 6.07) is 0.0614. The molecule has 0 radical (unpaired) electrons. The minimum atomic E-state index is -3.12. The first kappa shape index (κ1) is 12.5.